The summed E-state index contributed by atoms with van der Waals surface area (Å²) in [5.41, 5.74) is 6.95. The second-order valence-corrected chi connectivity index (χ2v) is 19.7. The molecule has 3 aromatic carbocycles. The number of alkyl halides is 3. The molecule has 0 bridgehead atoms. The lowest BCUT2D eigenvalue weighted by Gasteiger charge is -2.35. The summed E-state index contributed by atoms with van der Waals surface area (Å²) in [5, 5.41) is 27.7. The molecule has 3 amide bonds. The lowest BCUT2D eigenvalue weighted by molar-refractivity contribution is -0.147. The maximum absolute atomic E-state index is 14.0. The average molecular weight is 964 g/mol. The summed E-state index contributed by atoms with van der Waals surface area (Å²) >= 11 is 1.57. The predicted molar refractivity (Wildman–Crippen MR) is 255 cm³/mol. The molecule has 2 aromatic heterocycles. The fourth-order valence-corrected chi connectivity index (χ4v) is 9.68. The number of benzene rings is 3. The first-order chi connectivity index (χ1) is 33.0. The number of β-amino-alcohol motifs (C(OH)–C–C–N with tert-alkyl or cyclic N) is 1. The number of fused-ring (bicyclic) bond motifs is 1. The van der Waals surface area contributed by atoms with Gasteiger partial charge in [-0.1, -0.05) is 81.1 Å². The highest BCUT2D eigenvalue weighted by Gasteiger charge is 2.45. The van der Waals surface area contributed by atoms with Gasteiger partial charge in [0.15, 0.2) is 5.82 Å². The quantitative estimate of drug-likeness (QED) is 0.109. The van der Waals surface area contributed by atoms with E-state index < -0.39 is 41.5 Å². The lowest BCUT2D eigenvalue weighted by atomic mass is 9.85. The Morgan fingerprint density at radius 1 is 0.942 bits per heavy atom. The number of thiazole rings is 1. The molecule has 0 unspecified atom stereocenters. The fourth-order valence-electron chi connectivity index (χ4n) is 8.87. The first kappa shape index (κ1) is 48.9. The van der Waals surface area contributed by atoms with E-state index in [0.29, 0.717) is 44.3 Å². The highest BCUT2D eigenvalue weighted by molar-refractivity contribution is 7.13. The number of nitrogens with one attached hydrogen (secondary N) is 2. The zero-order valence-corrected chi connectivity index (χ0v) is 39.9. The molecule has 14 nitrogen and oxygen atoms in total. The van der Waals surface area contributed by atoms with Crippen LogP contribution in [-0.2, 0) is 40.1 Å². The van der Waals surface area contributed by atoms with Crippen molar-refractivity contribution in [2.24, 2.45) is 10.5 Å². The van der Waals surface area contributed by atoms with Crippen LogP contribution in [0.25, 0.3) is 10.4 Å². The number of carbonyl (C=O) groups excluding carboxylic acids is 3. The van der Waals surface area contributed by atoms with Crippen molar-refractivity contribution in [1.29, 1.82) is 0 Å². The van der Waals surface area contributed by atoms with Gasteiger partial charge in [0, 0.05) is 63.8 Å². The van der Waals surface area contributed by atoms with Crippen LogP contribution in [0.4, 0.5) is 13.2 Å². The number of hydrogen-bond acceptors (Lipinski definition) is 11. The largest absolute Gasteiger partial charge is 0.489 e. The molecule has 3 N–H and O–H groups in total. The van der Waals surface area contributed by atoms with Gasteiger partial charge in [-0.2, -0.15) is 22.9 Å². The number of rotatable bonds is 12. The van der Waals surface area contributed by atoms with E-state index in [1.165, 1.54) is 10.5 Å². The normalized spacial score (nSPS) is 17.9. The number of amidine groups is 1. The Hall–Kier alpha value is -6.58. The van der Waals surface area contributed by atoms with Crippen molar-refractivity contribution in [2.75, 3.05) is 19.6 Å². The summed E-state index contributed by atoms with van der Waals surface area (Å²) in [5.74, 6) is 5.85. The summed E-state index contributed by atoms with van der Waals surface area (Å²) in [7, 11) is 0. The van der Waals surface area contributed by atoms with Gasteiger partial charge in [-0.3, -0.25) is 14.4 Å². The van der Waals surface area contributed by atoms with Crippen LogP contribution in [0, 0.1) is 24.2 Å². The van der Waals surface area contributed by atoms with Gasteiger partial charge in [0.05, 0.1) is 22.2 Å². The smallest absolute Gasteiger partial charge is 0.453 e. The molecule has 0 saturated carbocycles. The van der Waals surface area contributed by atoms with E-state index in [-0.39, 0.29) is 50.0 Å². The molecule has 2 fully saturated rings. The lowest BCUT2D eigenvalue weighted by Crippen LogP contribution is -2.57. The number of piperidine rings is 1. The number of ether oxygens (including phenoxy) is 1. The van der Waals surface area contributed by atoms with Crippen LogP contribution in [0.2, 0.25) is 0 Å². The zero-order valence-electron chi connectivity index (χ0n) is 39.1. The second-order valence-electron chi connectivity index (χ2n) is 18.8. The number of carbonyl (C=O) groups is 3. The highest BCUT2D eigenvalue weighted by Crippen LogP contribution is 2.33. The van der Waals surface area contributed by atoms with E-state index in [1.54, 1.807) is 11.3 Å². The van der Waals surface area contributed by atoms with E-state index in [1.807, 2.05) is 93.9 Å². The minimum atomic E-state index is -4.62. The molecular formula is C51H56F3N9O5S. The van der Waals surface area contributed by atoms with Crippen LogP contribution in [0.5, 0.6) is 5.75 Å². The van der Waals surface area contributed by atoms with Crippen LogP contribution in [-0.4, -0.2) is 96.1 Å². The minimum Gasteiger partial charge on any atom is -0.489 e. The van der Waals surface area contributed by atoms with Crippen molar-refractivity contribution in [1.82, 2.24) is 40.3 Å². The molecule has 5 heterocycles. The molecule has 69 heavy (non-hydrogen) atoms. The molecular weight excluding hydrogens is 908 g/mol. The van der Waals surface area contributed by atoms with Crippen LogP contribution in [0.1, 0.15) is 105 Å². The maximum atomic E-state index is 14.0. The Kier molecular flexibility index (Phi) is 14.8. The topological polar surface area (TPSA) is 167 Å². The molecule has 0 spiro atoms. The van der Waals surface area contributed by atoms with E-state index in [4.69, 9.17) is 4.74 Å². The number of likely N-dealkylation sites (tertiary alicyclic amines) is 2. The molecule has 18 heteroatoms. The van der Waals surface area contributed by atoms with E-state index in [0.717, 1.165) is 56.1 Å². The van der Waals surface area contributed by atoms with Crippen molar-refractivity contribution in [3.05, 3.63) is 118 Å². The Balaban J connectivity index is 0.764. The zero-order chi connectivity index (χ0) is 48.9. The van der Waals surface area contributed by atoms with Crippen molar-refractivity contribution < 1.29 is 37.4 Å². The van der Waals surface area contributed by atoms with Gasteiger partial charge in [0.2, 0.25) is 17.7 Å². The van der Waals surface area contributed by atoms with Crippen molar-refractivity contribution >= 4 is 34.9 Å². The number of amides is 3. The predicted octanol–water partition coefficient (Wildman–Crippen LogP) is 7.24. The Bertz CT molecular complexity index is 2710. The second kappa shape index (κ2) is 21.0. The third-order valence-corrected chi connectivity index (χ3v) is 13.7. The van der Waals surface area contributed by atoms with E-state index >= 15 is 0 Å². The Morgan fingerprint density at radius 2 is 1.65 bits per heavy atom. The van der Waals surface area contributed by atoms with E-state index in [2.05, 4.69) is 59.8 Å². The highest BCUT2D eigenvalue weighted by atomic mass is 32.1. The van der Waals surface area contributed by atoms with Gasteiger partial charge in [-0.25, -0.2) is 4.98 Å². The van der Waals surface area contributed by atoms with Crippen LogP contribution < -0.4 is 15.4 Å². The van der Waals surface area contributed by atoms with Gasteiger partial charge in [-0.15, -0.1) is 21.5 Å². The van der Waals surface area contributed by atoms with Crippen molar-refractivity contribution in [3.8, 4) is 28.0 Å². The maximum Gasteiger partial charge on any atom is 0.453 e. The minimum absolute atomic E-state index is 0.00943. The first-order valence-electron chi connectivity index (χ1n) is 23.2. The number of aromatic nitrogens is 4. The van der Waals surface area contributed by atoms with Crippen molar-refractivity contribution in [2.45, 2.75) is 116 Å². The number of aliphatic hydroxyl groups excluding tert-OH is 1. The van der Waals surface area contributed by atoms with Gasteiger partial charge >= 0.3 is 6.18 Å². The third-order valence-electron chi connectivity index (χ3n) is 12.7. The summed E-state index contributed by atoms with van der Waals surface area (Å²) in [4.78, 5) is 49.6. The fraction of sp³-hybridized carbons (Fsp3) is 0.431. The number of halogens is 3. The molecule has 8 rings (SSSR count). The van der Waals surface area contributed by atoms with E-state index in [9.17, 15) is 32.7 Å². The number of nitrogens with zero attached hydrogens (tertiary/aromatic N) is 7. The third kappa shape index (κ3) is 12.0. The van der Waals surface area contributed by atoms with Crippen LogP contribution in [0.15, 0.2) is 83.4 Å². The summed E-state index contributed by atoms with van der Waals surface area (Å²) in [6, 6.07) is 21.8. The molecule has 3 atom stereocenters. The molecule has 5 aromatic rings. The SMILES string of the molecule is Cc1ncsc1-c1ccc(CNC(=O)[C@@H]2C[C@H](O)CN2C(=O)[C@@H](NC(=O)CCC#Cc2ccc(COc3ccc(C4CCN(C5=Nn6c(nnc6C(F)(F)F)CC5)CC4)cc3)cc2)C(C)(C)C)cc1. The average Bonchev–Trinajstić information content (AvgIpc) is 4.09. The number of aryl methyl sites for hydroxylation is 2. The molecule has 0 radical (unpaired) electrons. The molecule has 3 aliphatic heterocycles. The van der Waals surface area contributed by atoms with Crippen LogP contribution >= 0.6 is 11.3 Å². The molecule has 362 valence electrons. The summed E-state index contributed by atoms with van der Waals surface area (Å²) in [6.45, 7) is 9.51. The molecule has 2 saturated heterocycles. The van der Waals surface area contributed by atoms with Crippen molar-refractivity contribution in [3.63, 3.8) is 0 Å². The van der Waals surface area contributed by atoms with Gasteiger partial charge < -0.3 is 30.3 Å². The summed E-state index contributed by atoms with van der Waals surface area (Å²) in [6.07, 6.45) is -2.46. The number of aliphatic hydroxyl groups is 1. The Labute approximate surface area is 403 Å². The Morgan fingerprint density at radius 3 is 2.32 bits per heavy atom. The molecule has 0 aliphatic carbocycles. The molecule has 3 aliphatic rings. The monoisotopic (exact) mass is 963 g/mol. The standard InChI is InChI=1S/C51H56F3N9O5S/c1-32-45(69-31-56-32)38-15-13-34(14-16-38)28-55-47(66)41-27-39(64)29-62(41)48(67)46(50(2,3)4)57-44(65)8-6-5-7-33-9-11-35(12-10-33)30-68-40-19-17-36(18-20-40)37-23-25-61(26-24-37)43-22-21-42-58-59-49(51(52,53)54)63(42)60-43/h9-20,31,37,39,41,46,64H,6,8,21-30H2,1-4H3,(H,55,66)(H,57,65)/t39-,41-,46+/m0/s1. The van der Waals surface area contributed by atoms with Crippen LogP contribution in [0.3, 0.4) is 0 Å². The van der Waals surface area contributed by atoms with Gasteiger partial charge in [-0.05, 0) is 77.6 Å². The first-order valence-corrected chi connectivity index (χ1v) is 24.1. The van der Waals surface area contributed by atoms with Gasteiger partial charge in [0.1, 0.15) is 30.3 Å². The number of hydrogen-bond donors (Lipinski definition) is 3. The van der Waals surface area contributed by atoms with Gasteiger partial charge in [0.25, 0.3) is 5.82 Å². The summed E-state index contributed by atoms with van der Waals surface area (Å²) < 4.78 is 47.1.